The number of amides is 1. The monoisotopic (exact) mass is 1120 g/mol. The first-order valence-electron chi connectivity index (χ1n) is 36.2. The van der Waals surface area contributed by atoms with Crippen molar-refractivity contribution in [3.05, 3.63) is 36.5 Å². The third-order valence-electron chi connectivity index (χ3n) is 16.9. The Morgan fingerprint density at radius 3 is 1.00 bits per heavy atom. The predicted molar refractivity (Wildman–Crippen MR) is 352 cm³/mol. The molecule has 6 nitrogen and oxygen atoms in total. The summed E-state index contributed by atoms with van der Waals surface area (Å²) in [6.07, 6.45) is 89.5. The second kappa shape index (κ2) is 69.6. The van der Waals surface area contributed by atoms with Crippen LogP contribution >= 0.6 is 0 Å². The standard InChI is InChI=1S/C74H141NO5/c1-3-5-7-9-11-13-15-16-45-48-52-56-60-64-68-74(79)80-69-65-61-57-53-49-46-43-41-39-37-35-33-31-29-27-25-23-21-19-17-18-20-22-24-26-28-30-32-34-36-38-40-42-44-47-51-55-59-63-67-73(78)75-71(70-76)72(77)66-62-58-54-50-14-12-10-8-6-4-2/h9,11,15-18,71-72,76-77H,3-8,10,12-14,19-70H2,1-2H3,(H,75,78)/b11-9-,16-15-,18-17-. The van der Waals surface area contributed by atoms with Gasteiger partial charge >= 0.3 is 5.97 Å². The molecule has 2 atom stereocenters. The molecule has 0 saturated heterocycles. The Morgan fingerprint density at radius 2 is 0.637 bits per heavy atom. The molecule has 0 aliphatic carbocycles. The van der Waals surface area contributed by atoms with Gasteiger partial charge in [-0.2, -0.15) is 0 Å². The number of aliphatic hydroxyl groups is 2. The van der Waals surface area contributed by atoms with Crippen LogP contribution in [0.4, 0.5) is 0 Å². The molecule has 0 aromatic carbocycles. The minimum atomic E-state index is -0.659. The number of rotatable bonds is 68. The molecule has 472 valence electrons. The summed E-state index contributed by atoms with van der Waals surface area (Å²) in [6.45, 7) is 4.92. The van der Waals surface area contributed by atoms with Crippen molar-refractivity contribution in [3.8, 4) is 0 Å². The van der Waals surface area contributed by atoms with Crippen LogP contribution in [-0.4, -0.2) is 47.4 Å². The van der Waals surface area contributed by atoms with Gasteiger partial charge in [-0.05, 0) is 77.0 Å². The van der Waals surface area contributed by atoms with Crippen LogP contribution in [0, 0.1) is 0 Å². The van der Waals surface area contributed by atoms with E-state index in [0.29, 0.717) is 25.9 Å². The van der Waals surface area contributed by atoms with Crippen LogP contribution in [-0.2, 0) is 14.3 Å². The second-order valence-electron chi connectivity index (χ2n) is 24.9. The third-order valence-corrected chi connectivity index (χ3v) is 16.9. The van der Waals surface area contributed by atoms with Crippen molar-refractivity contribution in [3.63, 3.8) is 0 Å². The van der Waals surface area contributed by atoms with E-state index in [0.717, 1.165) is 51.4 Å². The molecule has 0 spiro atoms. The summed E-state index contributed by atoms with van der Waals surface area (Å²) in [5.74, 6) is -0.0227. The Morgan fingerprint density at radius 1 is 0.350 bits per heavy atom. The van der Waals surface area contributed by atoms with E-state index < -0.39 is 12.1 Å². The number of unbranched alkanes of at least 4 members (excludes halogenated alkanes) is 51. The molecule has 0 rings (SSSR count). The third kappa shape index (κ3) is 65.2. The molecular formula is C74H141NO5. The zero-order chi connectivity index (χ0) is 57.8. The number of hydrogen-bond donors (Lipinski definition) is 3. The Hall–Kier alpha value is -1.92. The highest BCUT2D eigenvalue weighted by atomic mass is 16.5. The number of carbonyl (C=O) groups is 2. The Kier molecular flexibility index (Phi) is 67.9. The SMILES string of the molecule is CCCC/C=C\C/C=C\CCCCCCCC(=O)OCCCCCCCCCCCCCCCCCCCC/C=C\CCCCCCCCCCCCCCCCCCCC(=O)NC(CO)C(O)CCCCCCCCCCCC. The molecule has 80 heavy (non-hydrogen) atoms. The van der Waals surface area contributed by atoms with E-state index in [1.54, 1.807) is 0 Å². The van der Waals surface area contributed by atoms with Crippen LogP contribution in [0.2, 0.25) is 0 Å². The molecule has 0 aromatic rings. The topological polar surface area (TPSA) is 95.9 Å². The van der Waals surface area contributed by atoms with Gasteiger partial charge in [0.15, 0.2) is 0 Å². The fraction of sp³-hybridized carbons (Fsp3) is 0.892. The summed E-state index contributed by atoms with van der Waals surface area (Å²) in [4.78, 5) is 24.5. The van der Waals surface area contributed by atoms with Crippen molar-refractivity contribution in [2.75, 3.05) is 13.2 Å². The Bertz CT molecular complexity index is 1300. The van der Waals surface area contributed by atoms with Crippen LogP contribution in [0.25, 0.3) is 0 Å². The first kappa shape index (κ1) is 78.1. The number of allylic oxidation sites excluding steroid dienone is 6. The molecule has 0 aliphatic heterocycles. The van der Waals surface area contributed by atoms with Crippen LogP contribution in [0.3, 0.4) is 0 Å². The first-order chi connectivity index (χ1) is 39.5. The van der Waals surface area contributed by atoms with Crippen molar-refractivity contribution in [2.45, 2.75) is 411 Å². The number of nitrogens with one attached hydrogen (secondary N) is 1. The summed E-state index contributed by atoms with van der Waals surface area (Å²) in [5.41, 5.74) is 0. The van der Waals surface area contributed by atoms with Crippen molar-refractivity contribution >= 4 is 11.9 Å². The molecule has 0 aromatic heterocycles. The van der Waals surface area contributed by atoms with Gasteiger partial charge in [-0.3, -0.25) is 9.59 Å². The van der Waals surface area contributed by atoms with Gasteiger partial charge in [0.05, 0.1) is 25.4 Å². The van der Waals surface area contributed by atoms with E-state index in [1.165, 1.54) is 315 Å². The average Bonchev–Trinajstić information content (AvgIpc) is 3.46. The first-order valence-corrected chi connectivity index (χ1v) is 36.2. The van der Waals surface area contributed by atoms with Gasteiger partial charge in [0.2, 0.25) is 5.91 Å². The molecule has 1 amide bonds. The lowest BCUT2D eigenvalue weighted by molar-refractivity contribution is -0.143. The molecule has 0 heterocycles. The van der Waals surface area contributed by atoms with Gasteiger partial charge in [-0.1, -0.05) is 346 Å². The van der Waals surface area contributed by atoms with Crippen LogP contribution in [0.5, 0.6) is 0 Å². The molecule has 2 unspecified atom stereocenters. The highest BCUT2D eigenvalue weighted by Crippen LogP contribution is 2.19. The van der Waals surface area contributed by atoms with Gasteiger partial charge < -0.3 is 20.3 Å². The van der Waals surface area contributed by atoms with Crippen LogP contribution in [0.15, 0.2) is 36.5 Å². The van der Waals surface area contributed by atoms with E-state index in [2.05, 4.69) is 55.6 Å². The summed E-state index contributed by atoms with van der Waals surface area (Å²) in [5, 5.41) is 23.2. The zero-order valence-corrected chi connectivity index (χ0v) is 54.1. The molecule has 0 bridgehead atoms. The molecule has 0 fully saturated rings. The lowest BCUT2D eigenvalue weighted by Gasteiger charge is -2.22. The Labute approximate surface area is 500 Å². The number of aliphatic hydroxyl groups excluding tert-OH is 2. The molecule has 6 heteroatoms. The summed E-state index contributed by atoms with van der Waals surface area (Å²) < 4.78 is 5.49. The molecule has 0 saturated carbocycles. The predicted octanol–water partition coefficient (Wildman–Crippen LogP) is 23.5. The average molecular weight is 1120 g/mol. The van der Waals surface area contributed by atoms with Crippen molar-refractivity contribution < 1.29 is 24.5 Å². The maximum absolute atomic E-state index is 12.4. The fourth-order valence-electron chi connectivity index (χ4n) is 11.4. The van der Waals surface area contributed by atoms with E-state index in [-0.39, 0.29) is 18.5 Å². The molecule has 3 N–H and O–H groups in total. The normalized spacial score (nSPS) is 12.7. The van der Waals surface area contributed by atoms with Gasteiger partial charge in [-0.15, -0.1) is 0 Å². The lowest BCUT2D eigenvalue weighted by atomic mass is 10.0. The maximum Gasteiger partial charge on any atom is 0.305 e. The molecule has 0 aliphatic rings. The zero-order valence-electron chi connectivity index (χ0n) is 54.1. The minimum absolute atomic E-state index is 0.00795. The quantitative estimate of drug-likeness (QED) is 0.0320. The van der Waals surface area contributed by atoms with E-state index in [4.69, 9.17) is 4.74 Å². The molecular weight excluding hydrogens is 983 g/mol. The maximum atomic E-state index is 12.4. The highest BCUT2D eigenvalue weighted by Gasteiger charge is 2.20. The van der Waals surface area contributed by atoms with Gasteiger partial charge in [0.1, 0.15) is 0 Å². The number of esters is 1. The van der Waals surface area contributed by atoms with Gasteiger partial charge in [0.25, 0.3) is 0 Å². The van der Waals surface area contributed by atoms with E-state index in [1.807, 2.05) is 0 Å². The lowest BCUT2D eigenvalue weighted by Crippen LogP contribution is -2.45. The van der Waals surface area contributed by atoms with Gasteiger partial charge in [0, 0.05) is 12.8 Å². The number of carbonyl (C=O) groups excluding carboxylic acids is 2. The summed E-state index contributed by atoms with van der Waals surface area (Å²) >= 11 is 0. The Balaban J connectivity index is 3.30. The van der Waals surface area contributed by atoms with Crippen molar-refractivity contribution in [2.24, 2.45) is 0 Å². The number of hydrogen-bond acceptors (Lipinski definition) is 5. The molecule has 0 radical (unpaired) electrons. The minimum Gasteiger partial charge on any atom is -0.466 e. The van der Waals surface area contributed by atoms with E-state index in [9.17, 15) is 19.8 Å². The van der Waals surface area contributed by atoms with E-state index >= 15 is 0 Å². The van der Waals surface area contributed by atoms with Crippen molar-refractivity contribution in [1.29, 1.82) is 0 Å². The smallest absolute Gasteiger partial charge is 0.305 e. The summed E-state index contributed by atoms with van der Waals surface area (Å²) in [6, 6.07) is -0.536. The number of ether oxygens (including phenoxy) is 1. The second-order valence-corrected chi connectivity index (χ2v) is 24.9. The van der Waals surface area contributed by atoms with Crippen molar-refractivity contribution in [1.82, 2.24) is 5.32 Å². The fourth-order valence-corrected chi connectivity index (χ4v) is 11.4. The highest BCUT2D eigenvalue weighted by molar-refractivity contribution is 5.76. The van der Waals surface area contributed by atoms with Gasteiger partial charge in [-0.25, -0.2) is 0 Å². The van der Waals surface area contributed by atoms with Crippen LogP contribution in [0.1, 0.15) is 399 Å². The largest absolute Gasteiger partial charge is 0.466 e. The van der Waals surface area contributed by atoms with Crippen LogP contribution < -0.4 is 5.32 Å². The summed E-state index contributed by atoms with van der Waals surface area (Å²) in [7, 11) is 0.